The number of fused-ring (bicyclic) bond motifs is 1. The number of anilines is 1. The third-order valence-corrected chi connectivity index (χ3v) is 3.53. The Bertz CT molecular complexity index is 691. The molecule has 1 aromatic carbocycles. The average Bonchev–Trinajstić information content (AvgIpc) is 2.89. The molecule has 2 aromatic heterocycles. The van der Waals surface area contributed by atoms with E-state index in [1.165, 1.54) is 0 Å². The van der Waals surface area contributed by atoms with Crippen LogP contribution in [0.5, 0.6) is 0 Å². The average molecular weight is 254 g/mol. The van der Waals surface area contributed by atoms with Crippen LogP contribution in [-0.2, 0) is 0 Å². The van der Waals surface area contributed by atoms with E-state index in [2.05, 4.69) is 10.3 Å². The van der Waals surface area contributed by atoms with Gasteiger partial charge in [-0.25, -0.2) is 4.98 Å². The number of hydrogen-bond donors (Lipinski definition) is 1. The van der Waals surface area contributed by atoms with Gasteiger partial charge in [0.25, 0.3) is 5.91 Å². The van der Waals surface area contributed by atoms with Crippen LogP contribution < -0.4 is 5.32 Å². The fraction of sp³-hybridized carbons (Fsp3) is 0. The first-order chi connectivity index (χ1) is 8.84. The van der Waals surface area contributed by atoms with E-state index in [0.717, 1.165) is 10.1 Å². The summed E-state index contributed by atoms with van der Waals surface area (Å²) in [5, 5.41) is 5.81. The summed E-state index contributed by atoms with van der Waals surface area (Å²) < 4.78 is 1.12. The van der Waals surface area contributed by atoms with Gasteiger partial charge in [-0.1, -0.05) is 18.2 Å². The van der Waals surface area contributed by atoms with Gasteiger partial charge in [-0.2, -0.15) is 0 Å². The van der Waals surface area contributed by atoms with Crippen molar-refractivity contribution in [2.45, 2.75) is 0 Å². The Morgan fingerprint density at radius 2 is 1.94 bits per heavy atom. The molecule has 0 aliphatic heterocycles. The predicted octanol–water partition coefficient (Wildman–Crippen LogP) is 3.55. The number of pyridine rings is 1. The van der Waals surface area contributed by atoms with E-state index in [1.54, 1.807) is 29.7 Å². The second-order valence-corrected chi connectivity index (χ2v) is 4.76. The molecule has 0 saturated heterocycles. The molecule has 2 heterocycles. The second-order valence-electron chi connectivity index (χ2n) is 3.81. The van der Waals surface area contributed by atoms with Gasteiger partial charge in [-0.15, -0.1) is 11.3 Å². The van der Waals surface area contributed by atoms with E-state index >= 15 is 0 Å². The normalized spacial score (nSPS) is 10.4. The third kappa shape index (κ3) is 1.98. The lowest BCUT2D eigenvalue weighted by Gasteiger charge is -2.05. The molecule has 0 saturated carbocycles. The van der Waals surface area contributed by atoms with E-state index in [4.69, 9.17) is 0 Å². The summed E-state index contributed by atoms with van der Waals surface area (Å²) in [4.78, 5) is 16.3. The van der Waals surface area contributed by atoms with E-state index < -0.39 is 0 Å². The van der Waals surface area contributed by atoms with Crippen LogP contribution in [0.25, 0.3) is 10.1 Å². The number of carbonyl (C=O) groups excluding carboxylic acids is 1. The fourth-order valence-electron chi connectivity index (χ4n) is 1.76. The number of amides is 1. The van der Waals surface area contributed by atoms with Crippen LogP contribution in [0.3, 0.4) is 0 Å². The Morgan fingerprint density at radius 3 is 2.78 bits per heavy atom. The van der Waals surface area contributed by atoms with Crippen LogP contribution in [0.15, 0.2) is 54.0 Å². The highest BCUT2D eigenvalue weighted by molar-refractivity contribution is 7.17. The maximum atomic E-state index is 12.0. The maximum absolute atomic E-state index is 12.0. The van der Waals surface area contributed by atoms with Crippen molar-refractivity contribution in [1.82, 2.24) is 4.98 Å². The number of nitrogens with one attached hydrogen (secondary N) is 1. The van der Waals surface area contributed by atoms with E-state index in [0.29, 0.717) is 11.4 Å². The van der Waals surface area contributed by atoms with E-state index in [-0.39, 0.29) is 5.91 Å². The molecule has 1 N–H and O–H groups in total. The lowest BCUT2D eigenvalue weighted by molar-refractivity contribution is 0.102. The van der Waals surface area contributed by atoms with Crippen LogP contribution in [0.1, 0.15) is 10.4 Å². The minimum absolute atomic E-state index is 0.137. The molecule has 18 heavy (non-hydrogen) atoms. The Hall–Kier alpha value is -2.20. The van der Waals surface area contributed by atoms with Crippen molar-refractivity contribution < 1.29 is 4.79 Å². The minimum Gasteiger partial charge on any atom is -0.306 e. The summed E-state index contributed by atoms with van der Waals surface area (Å²) in [7, 11) is 0. The van der Waals surface area contributed by atoms with Gasteiger partial charge in [0.1, 0.15) is 5.82 Å². The van der Waals surface area contributed by atoms with Gasteiger partial charge >= 0.3 is 0 Å². The van der Waals surface area contributed by atoms with Crippen molar-refractivity contribution in [3.05, 3.63) is 59.6 Å². The molecule has 3 rings (SSSR count). The second kappa shape index (κ2) is 4.58. The van der Waals surface area contributed by atoms with E-state index in [1.807, 2.05) is 35.7 Å². The van der Waals surface area contributed by atoms with Crippen LogP contribution in [0.2, 0.25) is 0 Å². The Labute approximate surface area is 108 Å². The largest absolute Gasteiger partial charge is 0.306 e. The lowest BCUT2D eigenvalue weighted by Crippen LogP contribution is -2.12. The van der Waals surface area contributed by atoms with Gasteiger partial charge in [-0.05, 0) is 29.6 Å². The smallest absolute Gasteiger partial charge is 0.256 e. The number of carbonyl (C=O) groups is 1. The molecule has 0 unspecified atom stereocenters. The lowest BCUT2D eigenvalue weighted by atomic mass is 10.2. The summed E-state index contributed by atoms with van der Waals surface area (Å²) in [5.41, 5.74) is 0.631. The Morgan fingerprint density at radius 1 is 1.11 bits per heavy atom. The topological polar surface area (TPSA) is 42.0 Å². The zero-order chi connectivity index (χ0) is 12.4. The molecule has 0 bridgehead atoms. The number of rotatable bonds is 2. The van der Waals surface area contributed by atoms with Crippen LogP contribution in [0, 0.1) is 0 Å². The fourth-order valence-corrected chi connectivity index (χ4v) is 2.55. The first-order valence-corrected chi connectivity index (χ1v) is 6.41. The highest BCUT2D eigenvalue weighted by Gasteiger charge is 2.09. The standard InChI is InChI=1S/C14H10N2OS/c17-14(10-4-2-1-3-5-10)16-13-11-7-9-18-12(11)6-8-15-13/h1-9H,(H,15,16,17). The van der Waals surface area contributed by atoms with E-state index in [9.17, 15) is 4.79 Å². The number of hydrogen-bond acceptors (Lipinski definition) is 3. The van der Waals surface area contributed by atoms with Gasteiger partial charge < -0.3 is 5.32 Å². The van der Waals surface area contributed by atoms with Crippen LogP contribution in [0.4, 0.5) is 5.82 Å². The van der Waals surface area contributed by atoms with Gasteiger partial charge in [0, 0.05) is 21.8 Å². The molecular formula is C14H10N2OS. The van der Waals surface area contributed by atoms with Gasteiger partial charge in [0.15, 0.2) is 0 Å². The van der Waals surface area contributed by atoms with Crippen molar-refractivity contribution in [3.8, 4) is 0 Å². The van der Waals surface area contributed by atoms with Crippen molar-refractivity contribution in [2.24, 2.45) is 0 Å². The quantitative estimate of drug-likeness (QED) is 0.760. The van der Waals surface area contributed by atoms with Gasteiger partial charge in [0.05, 0.1) is 0 Å². The molecule has 3 nitrogen and oxygen atoms in total. The zero-order valence-corrected chi connectivity index (χ0v) is 10.3. The molecule has 3 aromatic rings. The summed E-state index contributed by atoms with van der Waals surface area (Å²) in [6, 6.07) is 13.0. The highest BCUT2D eigenvalue weighted by atomic mass is 32.1. The molecule has 4 heteroatoms. The monoisotopic (exact) mass is 254 g/mol. The zero-order valence-electron chi connectivity index (χ0n) is 9.46. The number of benzene rings is 1. The predicted molar refractivity (Wildman–Crippen MR) is 74.0 cm³/mol. The summed E-state index contributed by atoms with van der Waals surface area (Å²) in [5.74, 6) is 0.476. The molecule has 0 aliphatic rings. The number of nitrogens with zero attached hydrogens (tertiary/aromatic N) is 1. The van der Waals surface area contributed by atoms with Crippen molar-refractivity contribution >= 4 is 33.1 Å². The first-order valence-electron chi connectivity index (χ1n) is 5.53. The molecular weight excluding hydrogens is 244 g/mol. The molecule has 1 amide bonds. The Balaban J connectivity index is 1.93. The van der Waals surface area contributed by atoms with Crippen LogP contribution >= 0.6 is 11.3 Å². The molecule has 0 aliphatic carbocycles. The van der Waals surface area contributed by atoms with Crippen molar-refractivity contribution in [2.75, 3.05) is 5.32 Å². The summed E-state index contributed by atoms with van der Waals surface area (Å²) >= 11 is 1.63. The highest BCUT2D eigenvalue weighted by Crippen LogP contribution is 2.25. The van der Waals surface area contributed by atoms with Gasteiger partial charge in [-0.3, -0.25) is 4.79 Å². The number of thiophene rings is 1. The van der Waals surface area contributed by atoms with Crippen molar-refractivity contribution in [1.29, 1.82) is 0 Å². The molecule has 0 fully saturated rings. The van der Waals surface area contributed by atoms with Crippen LogP contribution in [-0.4, -0.2) is 10.9 Å². The number of aromatic nitrogens is 1. The third-order valence-electron chi connectivity index (χ3n) is 2.65. The molecule has 0 radical (unpaired) electrons. The molecule has 88 valence electrons. The SMILES string of the molecule is O=C(Nc1nccc2sccc12)c1ccccc1. The Kier molecular flexibility index (Phi) is 2.78. The summed E-state index contributed by atoms with van der Waals surface area (Å²) in [6.45, 7) is 0. The summed E-state index contributed by atoms with van der Waals surface area (Å²) in [6.07, 6.45) is 1.71. The molecule has 0 atom stereocenters. The first kappa shape index (κ1) is 10.9. The van der Waals surface area contributed by atoms with Crippen molar-refractivity contribution in [3.63, 3.8) is 0 Å². The maximum Gasteiger partial charge on any atom is 0.256 e. The molecule has 0 spiro atoms. The minimum atomic E-state index is -0.137. The van der Waals surface area contributed by atoms with Gasteiger partial charge in [0.2, 0.25) is 0 Å².